The molecule has 0 unspecified atom stereocenters. The van der Waals surface area contributed by atoms with Crippen LogP contribution in [0.2, 0.25) is 0 Å². The standard InChI is InChI=1S/C8H16N2O2/c1-3-4-5-6-7-9-10-8(11)12-2/h7H,3-6H2,1-2H3,(H,10,11). The summed E-state index contributed by atoms with van der Waals surface area (Å²) in [6.45, 7) is 2.14. The second-order valence-corrected chi connectivity index (χ2v) is 2.41. The summed E-state index contributed by atoms with van der Waals surface area (Å²) in [6, 6.07) is 0. The van der Waals surface area contributed by atoms with Crippen LogP contribution >= 0.6 is 0 Å². The third-order valence-corrected chi connectivity index (χ3v) is 1.37. The van der Waals surface area contributed by atoms with Crippen LogP contribution in [-0.2, 0) is 4.74 Å². The zero-order chi connectivity index (χ0) is 9.23. The van der Waals surface area contributed by atoms with Crippen LogP contribution in [-0.4, -0.2) is 19.4 Å². The molecule has 0 bridgehead atoms. The van der Waals surface area contributed by atoms with E-state index < -0.39 is 6.09 Å². The molecule has 12 heavy (non-hydrogen) atoms. The molecule has 70 valence electrons. The highest BCUT2D eigenvalue weighted by atomic mass is 16.5. The van der Waals surface area contributed by atoms with Crippen molar-refractivity contribution in [2.24, 2.45) is 5.10 Å². The van der Waals surface area contributed by atoms with Crippen molar-refractivity contribution in [2.45, 2.75) is 32.6 Å². The van der Waals surface area contributed by atoms with Crippen molar-refractivity contribution in [3.8, 4) is 0 Å². The normalized spacial score (nSPS) is 10.2. The number of rotatable bonds is 5. The van der Waals surface area contributed by atoms with Crippen molar-refractivity contribution in [1.29, 1.82) is 0 Å². The number of hydrogen-bond donors (Lipinski definition) is 1. The Morgan fingerprint density at radius 2 is 2.33 bits per heavy atom. The van der Waals surface area contributed by atoms with Gasteiger partial charge in [0, 0.05) is 6.21 Å². The number of nitrogens with zero attached hydrogens (tertiary/aromatic N) is 1. The van der Waals surface area contributed by atoms with Gasteiger partial charge in [0.05, 0.1) is 7.11 Å². The van der Waals surface area contributed by atoms with Crippen LogP contribution in [0.5, 0.6) is 0 Å². The number of ether oxygens (including phenoxy) is 1. The van der Waals surface area contributed by atoms with Gasteiger partial charge in [0.15, 0.2) is 0 Å². The molecule has 0 saturated carbocycles. The van der Waals surface area contributed by atoms with E-state index in [4.69, 9.17) is 0 Å². The van der Waals surface area contributed by atoms with Crippen LogP contribution in [0, 0.1) is 0 Å². The molecule has 1 N–H and O–H groups in total. The van der Waals surface area contributed by atoms with Crippen molar-refractivity contribution in [1.82, 2.24) is 5.43 Å². The SMILES string of the molecule is CCCCCC=NNC(=O)OC. The molecule has 0 spiro atoms. The van der Waals surface area contributed by atoms with Crippen LogP contribution in [0.4, 0.5) is 4.79 Å². The molecule has 0 fully saturated rings. The summed E-state index contributed by atoms with van der Waals surface area (Å²) < 4.78 is 4.31. The number of carbonyl (C=O) groups is 1. The number of amides is 1. The molecule has 0 atom stereocenters. The fraction of sp³-hybridized carbons (Fsp3) is 0.750. The minimum absolute atomic E-state index is 0.526. The van der Waals surface area contributed by atoms with Gasteiger partial charge in [-0.25, -0.2) is 10.2 Å². The number of hydrogen-bond acceptors (Lipinski definition) is 3. The summed E-state index contributed by atoms with van der Waals surface area (Å²) in [5.74, 6) is 0. The molecule has 0 saturated heterocycles. The molecular formula is C8H16N2O2. The van der Waals surface area contributed by atoms with Crippen LogP contribution in [0.25, 0.3) is 0 Å². The monoisotopic (exact) mass is 172 g/mol. The zero-order valence-corrected chi connectivity index (χ0v) is 7.67. The van der Waals surface area contributed by atoms with E-state index in [2.05, 4.69) is 22.2 Å². The molecule has 0 rings (SSSR count). The topological polar surface area (TPSA) is 50.7 Å². The largest absolute Gasteiger partial charge is 0.452 e. The van der Waals surface area contributed by atoms with Gasteiger partial charge in [0.1, 0.15) is 0 Å². The molecule has 4 nitrogen and oxygen atoms in total. The Labute approximate surface area is 73.0 Å². The molecular weight excluding hydrogens is 156 g/mol. The van der Waals surface area contributed by atoms with Gasteiger partial charge in [0.25, 0.3) is 0 Å². The Morgan fingerprint density at radius 3 is 2.92 bits per heavy atom. The average Bonchev–Trinajstić information content (AvgIpc) is 2.10. The summed E-state index contributed by atoms with van der Waals surface area (Å²) in [4.78, 5) is 10.5. The highest BCUT2D eigenvalue weighted by Crippen LogP contribution is 1.95. The van der Waals surface area contributed by atoms with Gasteiger partial charge in [-0.05, 0) is 12.8 Å². The lowest BCUT2D eigenvalue weighted by Crippen LogP contribution is -2.16. The lowest BCUT2D eigenvalue weighted by atomic mass is 10.2. The lowest BCUT2D eigenvalue weighted by Gasteiger charge is -1.95. The fourth-order valence-corrected chi connectivity index (χ4v) is 0.694. The molecule has 0 aliphatic heterocycles. The molecule has 1 amide bonds. The van der Waals surface area contributed by atoms with E-state index >= 15 is 0 Å². The summed E-state index contributed by atoms with van der Waals surface area (Å²) in [5.41, 5.74) is 2.22. The Kier molecular flexibility index (Phi) is 7.33. The van der Waals surface area contributed by atoms with Crippen molar-refractivity contribution in [2.75, 3.05) is 7.11 Å². The van der Waals surface area contributed by atoms with Crippen molar-refractivity contribution in [3.05, 3.63) is 0 Å². The van der Waals surface area contributed by atoms with Gasteiger partial charge in [-0.1, -0.05) is 19.8 Å². The Hall–Kier alpha value is -1.06. The van der Waals surface area contributed by atoms with E-state index in [1.54, 1.807) is 6.21 Å². The third-order valence-electron chi connectivity index (χ3n) is 1.37. The maximum atomic E-state index is 10.5. The summed E-state index contributed by atoms with van der Waals surface area (Å²) in [6.07, 6.45) is 5.57. The third kappa shape index (κ3) is 7.05. The quantitative estimate of drug-likeness (QED) is 0.391. The van der Waals surface area contributed by atoms with Crippen LogP contribution in [0.1, 0.15) is 32.6 Å². The minimum Gasteiger partial charge on any atom is -0.452 e. The zero-order valence-electron chi connectivity index (χ0n) is 7.67. The molecule has 0 aromatic rings. The first-order chi connectivity index (χ1) is 5.81. The highest BCUT2D eigenvalue weighted by Gasteiger charge is 1.91. The van der Waals surface area contributed by atoms with Gasteiger partial charge >= 0.3 is 6.09 Å². The van der Waals surface area contributed by atoms with E-state index in [1.807, 2.05) is 0 Å². The molecule has 0 aromatic carbocycles. The first-order valence-electron chi connectivity index (χ1n) is 4.16. The molecule has 4 heteroatoms. The van der Waals surface area contributed by atoms with Gasteiger partial charge in [-0.3, -0.25) is 0 Å². The second kappa shape index (κ2) is 8.04. The lowest BCUT2D eigenvalue weighted by molar-refractivity contribution is 0.171. The van der Waals surface area contributed by atoms with Gasteiger partial charge in [0.2, 0.25) is 0 Å². The van der Waals surface area contributed by atoms with E-state index in [-0.39, 0.29) is 0 Å². The minimum atomic E-state index is -0.526. The smallest absolute Gasteiger partial charge is 0.427 e. The molecule has 0 aromatic heterocycles. The maximum Gasteiger partial charge on any atom is 0.427 e. The summed E-state index contributed by atoms with van der Waals surface area (Å²) in [7, 11) is 1.31. The van der Waals surface area contributed by atoms with Crippen LogP contribution < -0.4 is 5.43 Å². The van der Waals surface area contributed by atoms with Gasteiger partial charge in [-0.15, -0.1) is 0 Å². The van der Waals surface area contributed by atoms with E-state index in [9.17, 15) is 4.79 Å². The number of hydrazone groups is 1. The van der Waals surface area contributed by atoms with Crippen molar-refractivity contribution < 1.29 is 9.53 Å². The molecule has 0 radical (unpaired) electrons. The van der Waals surface area contributed by atoms with E-state index in [0.29, 0.717) is 0 Å². The average molecular weight is 172 g/mol. The predicted octanol–water partition coefficient (Wildman–Crippen LogP) is 1.91. The number of methoxy groups -OCH3 is 1. The fourth-order valence-electron chi connectivity index (χ4n) is 0.694. The van der Waals surface area contributed by atoms with Crippen LogP contribution in [0.15, 0.2) is 5.10 Å². The van der Waals surface area contributed by atoms with E-state index in [1.165, 1.54) is 20.0 Å². The second-order valence-electron chi connectivity index (χ2n) is 2.41. The van der Waals surface area contributed by atoms with E-state index in [0.717, 1.165) is 12.8 Å². The van der Waals surface area contributed by atoms with Crippen molar-refractivity contribution in [3.63, 3.8) is 0 Å². The highest BCUT2D eigenvalue weighted by molar-refractivity contribution is 5.68. The maximum absolute atomic E-state index is 10.5. The van der Waals surface area contributed by atoms with Crippen molar-refractivity contribution >= 4 is 12.3 Å². The Morgan fingerprint density at radius 1 is 1.58 bits per heavy atom. The first kappa shape index (κ1) is 10.9. The molecule has 0 aliphatic carbocycles. The predicted molar refractivity (Wildman–Crippen MR) is 48.2 cm³/mol. The molecule has 0 aliphatic rings. The Balaban J connectivity index is 3.19. The van der Waals surface area contributed by atoms with Crippen LogP contribution in [0.3, 0.4) is 0 Å². The van der Waals surface area contributed by atoms with Gasteiger partial charge < -0.3 is 4.74 Å². The first-order valence-corrected chi connectivity index (χ1v) is 4.16. The van der Waals surface area contributed by atoms with Gasteiger partial charge in [-0.2, -0.15) is 5.10 Å². The number of unbranched alkanes of at least 4 members (excludes halogenated alkanes) is 3. The summed E-state index contributed by atoms with van der Waals surface area (Å²) >= 11 is 0. The number of carbonyl (C=O) groups excluding carboxylic acids is 1. The molecule has 0 heterocycles. The number of nitrogens with one attached hydrogen (secondary N) is 1. The summed E-state index contributed by atoms with van der Waals surface area (Å²) in [5, 5.41) is 3.66. The Bertz CT molecular complexity index is 146.